The van der Waals surface area contributed by atoms with Crippen LogP contribution in [0.1, 0.15) is 51.7 Å². The first-order chi connectivity index (χ1) is 13.2. The summed E-state index contributed by atoms with van der Waals surface area (Å²) in [5, 5.41) is 11.7. The lowest BCUT2D eigenvalue weighted by Gasteiger charge is -2.33. The van der Waals surface area contributed by atoms with Gasteiger partial charge in [-0.25, -0.2) is 0 Å². The van der Waals surface area contributed by atoms with Crippen LogP contribution in [0.3, 0.4) is 0 Å². The lowest BCUT2D eigenvalue weighted by molar-refractivity contribution is 0.0837. The molecule has 0 amide bonds. The van der Waals surface area contributed by atoms with Crippen molar-refractivity contribution in [3.05, 3.63) is 39.5 Å². The molecule has 0 spiro atoms. The summed E-state index contributed by atoms with van der Waals surface area (Å²) in [4.78, 5) is 13.4. The summed E-state index contributed by atoms with van der Waals surface area (Å²) in [6.07, 6.45) is 2.98. The molecule has 1 aromatic heterocycles. The normalized spacial score (nSPS) is 19.6. The van der Waals surface area contributed by atoms with E-state index in [1.54, 1.807) is 12.1 Å². The molecule has 0 atom stereocenters. The molecule has 0 aliphatic carbocycles. The van der Waals surface area contributed by atoms with Gasteiger partial charge in [0.05, 0.1) is 5.39 Å². The largest absolute Gasteiger partial charge is 0.507 e. The first-order valence-electron chi connectivity index (χ1n) is 9.80. The fourth-order valence-corrected chi connectivity index (χ4v) is 4.37. The van der Waals surface area contributed by atoms with E-state index < -0.39 is 0 Å². The minimum absolute atomic E-state index is 0.0201. The third-order valence-corrected chi connectivity index (χ3v) is 5.96. The molecule has 1 N–H and O–H groups in total. The van der Waals surface area contributed by atoms with Crippen molar-refractivity contribution in [1.82, 2.24) is 0 Å². The summed E-state index contributed by atoms with van der Waals surface area (Å²) >= 11 is 0. The van der Waals surface area contributed by atoms with Crippen molar-refractivity contribution < 1.29 is 19.0 Å². The van der Waals surface area contributed by atoms with Crippen LogP contribution in [0, 0.1) is 0 Å². The van der Waals surface area contributed by atoms with E-state index in [0.29, 0.717) is 34.3 Å². The summed E-state index contributed by atoms with van der Waals surface area (Å²) in [5.41, 5.74) is 1.62. The second kappa shape index (κ2) is 5.43. The van der Waals surface area contributed by atoms with Crippen LogP contribution in [0.25, 0.3) is 21.9 Å². The number of rotatable bonds is 0. The van der Waals surface area contributed by atoms with Crippen molar-refractivity contribution >= 4 is 21.9 Å². The Morgan fingerprint density at radius 3 is 2.21 bits per heavy atom. The highest BCUT2D eigenvalue weighted by Crippen LogP contribution is 2.43. The third-order valence-electron chi connectivity index (χ3n) is 5.96. The number of phenolic OH excluding ortho intramolecular Hbond substituents is 1. The maximum Gasteiger partial charge on any atom is 0.204 e. The van der Waals surface area contributed by atoms with Gasteiger partial charge in [0.15, 0.2) is 0 Å². The molecule has 3 heterocycles. The summed E-state index contributed by atoms with van der Waals surface area (Å²) in [7, 11) is 0. The van der Waals surface area contributed by atoms with Crippen molar-refractivity contribution in [2.24, 2.45) is 0 Å². The standard InChI is InChI=1S/C23H24O5/c1-22(2)9-7-12-14(27-22)5-6-15-18(12)21(25)19-17(26-15)11-16-13(20(19)24)8-10-23(3,4)28-16/h5-6,11,24H,7-10H2,1-4H3. The molecule has 28 heavy (non-hydrogen) atoms. The smallest absolute Gasteiger partial charge is 0.204 e. The molecule has 0 saturated heterocycles. The van der Waals surface area contributed by atoms with Gasteiger partial charge in [-0.2, -0.15) is 0 Å². The molecule has 5 heteroatoms. The van der Waals surface area contributed by atoms with Gasteiger partial charge in [0.2, 0.25) is 5.43 Å². The van der Waals surface area contributed by atoms with E-state index in [2.05, 4.69) is 0 Å². The highest BCUT2D eigenvalue weighted by molar-refractivity contribution is 5.97. The number of aromatic hydroxyl groups is 1. The Balaban J connectivity index is 1.82. The van der Waals surface area contributed by atoms with Crippen LogP contribution >= 0.6 is 0 Å². The summed E-state index contributed by atoms with van der Waals surface area (Å²) < 4.78 is 18.2. The van der Waals surface area contributed by atoms with E-state index in [9.17, 15) is 9.90 Å². The zero-order valence-corrected chi connectivity index (χ0v) is 16.6. The molecule has 5 nitrogen and oxygen atoms in total. The number of hydrogen-bond donors (Lipinski definition) is 1. The fourth-order valence-electron chi connectivity index (χ4n) is 4.37. The number of phenols is 1. The molecule has 3 aromatic rings. The molecule has 146 valence electrons. The van der Waals surface area contributed by atoms with Crippen LogP contribution in [0.2, 0.25) is 0 Å². The predicted octanol–water partition coefficient (Wildman–Crippen LogP) is 4.86. The Hall–Kier alpha value is -2.69. The minimum atomic E-state index is -0.312. The van der Waals surface area contributed by atoms with Crippen molar-refractivity contribution in [2.75, 3.05) is 0 Å². The van der Waals surface area contributed by atoms with E-state index >= 15 is 0 Å². The molecule has 2 aliphatic heterocycles. The van der Waals surface area contributed by atoms with Gasteiger partial charge in [0.1, 0.15) is 45.0 Å². The topological polar surface area (TPSA) is 68.9 Å². The third kappa shape index (κ3) is 2.49. The van der Waals surface area contributed by atoms with E-state index in [4.69, 9.17) is 13.9 Å². The van der Waals surface area contributed by atoms with E-state index in [-0.39, 0.29) is 27.8 Å². The van der Waals surface area contributed by atoms with E-state index in [1.165, 1.54) is 0 Å². The molecule has 2 aromatic carbocycles. The maximum absolute atomic E-state index is 13.4. The monoisotopic (exact) mass is 380 g/mol. The summed E-state index contributed by atoms with van der Waals surface area (Å²) in [5.74, 6) is 1.29. The van der Waals surface area contributed by atoms with Crippen molar-refractivity contribution in [2.45, 2.75) is 64.6 Å². The molecule has 0 fully saturated rings. The molecular formula is C23H24O5. The number of fused-ring (bicyclic) bond motifs is 5. The Bertz CT molecular complexity index is 1200. The average Bonchev–Trinajstić information content (AvgIpc) is 2.59. The van der Waals surface area contributed by atoms with Crippen LogP contribution in [-0.2, 0) is 12.8 Å². The summed E-state index contributed by atoms with van der Waals surface area (Å²) in [6.45, 7) is 8.12. The molecule has 0 unspecified atom stereocenters. The molecular weight excluding hydrogens is 356 g/mol. The second-order valence-electron chi connectivity index (χ2n) is 9.15. The quantitative estimate of drug-likeness (QED) is 0.564. The number of aryl methyl sites for hydroxylation is 1. The predicted molar refractivity (Wildman–Crippen MR) is 108 cm³/mol. The van der Waals surface area contributed by atoms with E-state index in [1.807, 2.05) is 33.8 Å². The number of ether oxygens (including phenoxy) is 2. The Kier molecular flexibility index (Phi) is 3.38. The molecule has 0 radical (unpaired) electrons. The highest BCUT2D eigenvalue weighted by Gasteiger charge is 2.32. The zero-order valence-electron chi connectivity index (χ0n) is 16.6. The number of benzene rings is 2. The average molecular weight is 380 g/mol. The van der Waals surface area contributed by atoms with Gasteiger partial charge >= 0.3 is 0 Å². The van der Waals surface area contributed by atoms with Gasteiger partial charge in [0.25, 0.3) is 0 Å². The van der Waals surface area contributed by atoms with Crippen LogP contribution in [0.15, 0.2) is 27.4 Å². The Morgan fingerprint density at radius 1 is 0.857 bits per heavy atom. The van der Waals surface area contributed by atoms with Gasteiger partial charge in [0, 0.05) is 17.2 Å². The molecule has 0 saturated carbocycles. The summed E-state index contributed by atoms with van der Waals surface area (Å²) in [6, 6.07) is 5.38. The molecule has 0 bridgehead atoms. The Morgan fingerprint density at radius 2 is 1.50 bits per heavy atom. The number of hydrogen-bond acceptors (Lipinski definition) is 5. The van der Waals surface area contributed by atoms with Crippen molar-refractivity contribution in [3.63, 3.8) is 0 Å². The zero-order chi connectivity index (χ0) is 19.8. The van der Waals surface area contributed by atoms with Gasteiger partial charge in [-0.15, -0.1) is 0 Å². The van der Waals surface area contributed by atoms with Crippen LogP contribution < -0.4 is 14.9 Å². The minimum Gasteiger partial charge on any atom is -0.507 e. The van der Waals surface area contributed by atoms with Crippen molar-refractivity contribution in [3.8, 4) is 17.2 Å². The highest BCUT2D eigenvalue weighted by atomic mass is 16.5. The van der Waals surface area contributed by atoms with Crippen LogP contribution in [0.5, 0.6) is 17.2 Å². The fraction of sp³-hybridized carbons (Fsp3) is 0.435. The van der Waals surface area contributed by atoms with Crippen molar-refractivity contribution in [1.29, 1.82) is 0 Å². The SMILES string of the molecule is CC1(C)CCc2c(cc3oc4ccc5c(c4c(=O)c3c2O)CCC(C)(C)O5)O1. The van der Waals surface area contributed by atoms with Gasteiger partial charge in [-0.05, 0) is 65.5 Å². The van der Waals surface area contributed by atoms with E-state index in [0.717, 1.165) is 30.6 Å². The van der Waals surface area contributed by atoms with Crippen LogP contribution in [0.4, 0.5) is 0 Å². The lowest BCUT2D eigenvalue weighted by Crippen LogP contribution is -2.33. The lowest BCUT2D eigenvalue weighted by atomic mass is 9.90. The first-order valence-corrected chi connectivity index (χ1v) is 9.80. The Labute approximate surface area is 162 Å². The molecule has 5 rings (SSSR count). The van der Waals surface area contributed by atoms with Gasteiger partial charge in [-0.1, -0.05) is 0 Å². The maximum atomic E-state index is 13.4. The van der Waals surface area contributed by atoms with Gasteiger partial charge in [-0.3, -0.25) is 4.79 Å². The van der Waals surface area contributed by atoms with Crippen LogP contribution in [-0.4, -0.2) is 16.3 Å². The van der Waals surface area contributed by atoms with Gasteiger partial charge < -0.3 is 19.0 Å². The second-order valence-corrected chi connectivity index (χ2v) is 9.15. The molecule has 2 aliphatic rings. The first kappa shape index (κ1) is 17.4.